The highest BCUT2D eigenvalue weighted by atomic mass is 79.9. The van der Waals surface area contributed by atoms with Gasteiger partial charge in [0.1, 0.15) is 5.82 Å². The Morgan fingerprint density at radius 3 is 2.71 bits per heavy atom. The second kappa shape index (κ2) is 4.49. The molecule has 0 aromatic carbocycles. The van der Waals surface area contributed by atoms with E-state index in [0.29, 0.717) is 5.02 Å². The molecular weight excluding hydrogens is 263 g/mol. The Labute approximate surface area is 98.4 Å². The summed E-state index contributed by atoms with van der Waals surface area (Å²) in [6.45, 7) is 4.26. The van der Waals surface area contributed by atoms with Gasteiger partial charge in [0.05, 0.1) is 5.02 Å². The van der Waals surface area contributed by atoms with Crippen molar-refractivity contribution in [1.82, 2.24) is 4.98 Å². The van der Waals surface area contributed by atoms with Gasteiger partial charge in [0.25, 0.3) is 0 Å². The Hall–Kier alpha value is -0.280. The van der Waals surface area contributed by atoms with Crippen LogP contribution in [-0.2, 0) is 0 Å². The zero-order valence-electron chi connectivity index (χ0n) is 8.59. The smallest absolute Gasteiger partial charge is 0.147 e. The van der Waals surface area contributed by atoms with Crippen molar-refractivity contribution in [2.75, 3.05) is 17.3 Å². The molecular formula is C10H14BrClN2. The number of nitrogens with zero attached hydrogens (tertiary/aromatic N) is 2. The van der Waals surface area contributed by atoms with E-state index in [1.807, 2.05) is 19.2 Å². The van der Waals surface area contributed by atoms with Crippen LogP contribution in [0.5, 0.6) is 0 Å². The van der Waals surface area contributed by atoms with Gasteiger partial charge >= 0.3 is 0 Å². The zero-order chi connectivity index (χ0) is 10.8. The van der Waals surface area contributed by atoms with E-state index in [9.17, 15) is 0 Å². The van der Waals surface area contributed by atoms with Crippen LogP contribution in [0.15, 0.2) is 18.3 Å². The topological polar surface area (TPSA) is 16.1 Å². The fourth-order valence-electron chi connectivity index (χ4n) is 1.00. The number of alkyl halides is 1. The van der Waals surface area contributed by atoms with Crippen molar-refractivity contribution in [2.45, 2.75) is 19.4 Å². The maximum atomic E-state index is 6.06. The molecule has 4 heteroatoms. The first-order valence-corrected chi connectivity index (χ1v) is 5.89. The van der Waals surface area contributed by atoms with Crippen LogP contribution in [0.1, 0.15) is 13.8 Å². The van der Waals surface area contributed by atoms with Crippen LogP contribution in [0.25, 0.3) is 0 Å². The van der Waals surface area contributed by atoms with E-state index in [1.165, 1.54) is 0 Å². The maximum Gasteiger partial charge on any atom is 0.147 e. The van der Waals surface area contributed by atoms with Crippen LogP contribution < -0.4 is 4.90 Å². The molecule has 0 aliphatic rings. The standard InChI is InChI=1S/C10H14BrClN2/c1-10(2,7-11)14(3)9-8(12)5-4-6-13-9/h4-6H,7H2,1-3H3. The largest absolute Gasteiger partial charge is 0.352 e. The molecule has 2 nitrogen and oxygen atoms in total. The van der Waals surface area contributed by atoms with E-state index in [0.717, 1.165) is 11.1 Å². The molecule has 1 heterocycles. The molecule has 0 aliphatic carbocycles. The summed E-state index contributed by atoms with van der Waals surface area (Å²) in [4.78, 5) is 6.34. The van der Waals surface area contributed by atoms with Crippen molar-refractivity contribution in [3.8, 4) is 0 Å². The van der Waals surface area contributed by atoms with Crippen molar-refractivity contribution in [2.24, 2.45) is 0 Å². The lowest BCUT2D eigenvalue weighted by Crippen LogP contribution is -2.43. The van der Waals surface area contributed by atoms with Gasteiger partial charge in [0.15, 0.2) is 0 Å². The summed E-state index contributed by atoms with van der Waals surface area (Å²) in [7, 11) is 2.00. The van der Waals surface area contributed by atoms with Gasteiger partial charge in [0.2, 0.25) is 0 Å². The summed E-state index contributed by atoms with van der Waals surface area (Å²) in [6, 6.07) is 3.69. The third kappa shape index (κ3) is 2.39. The molecule has 0 atom stereocenters. The van der Waals surface area contributed by atoms with E-state index >= 15 is 0 Å². The average Bonchev–Trinajstić information content (AvgIpc) is 2.17. The van der Waals surface area contributed by atoms with Crippen LogP contribution in [0.3, 0.4) is 0 Å². The zero-order valence-corrected chi connectivity index (χ0v) is 10.9. The summed E-state index contributed by atoms with van der Waals surface area (Å²) in [5.74, 6) is 0.818. The molecule has 0 N–H and O–H groups in total. The molecule has 1 aromatic heterocycles. The minimum Gasteiger partial charge on any atom is -0.352 e. The van der Waals surface area contributed by atoms with E-state index in [4.69, 9.17) is 11.6 Å². The van der Waals surface area contributed by atoms with Crippen LogP contribution in [-0.4, -0.2) is 22.9 Å². The highest BCUT2D eigenvalue weighted by Gasteiger charge is 2.24. The van der Waals surface area contributed by atoms with Crippen molar-refractivity contribution in [3.05, 3.63) is 23.4 Å². The SMILES string of the molecule is CN(c1ncccc1Cl)C(C)(C)CBr. The molecule has 1 aromatic rings. The van der Waals surface area contributed by atoms with Crippen molar-refractivity contribution in [1.29, 1.82) is 0 Å². The Kier molecular flexibility index (Phi) is 3.78. The van der Waals surface area contributed by atoms with Crippen molar-refractivity contribution < 1.29 is 0 Å². The maximum absolute atomic E-state index is 6.06. The molecule has 0 fully saturated rings. The second-order valence-electron chi connectivity index (χ2n) is 3.81. The van der Waals surface area contributed by atoms with Crippen molar-refractivity contribution >= 4 is 33.3 Å². The monoisotopic (exact) mass is 276 g/mol. The van der Waals surface area contributed by atoms with Gasteiger partial charge in [-0.3, -0.25) is 0 Å². The number of aromatic nitrogens is 1. The number of hydrogen-bond donors (Lipinski definition) is 0. The Morgan fingerprint density at radius 2 is 2.21 bits per heavy atom. The predicted octanol–water partition coefficient (Wildman–Crippen LogP) is 3.34. The molecule has 1 rings (SSSR count). The van der Waals surface area contributed by atoms with Gasteiger partial charge in [-0.25, -0.2) is 4.98 Å². The number of halogens is 2. The lowest BCUT2D eigenvalue weighted by atomic mass is 10.1. The van der Waals surface area contributed by atoms with Gasteiger partial charge in [-0.2, -0.15) is 0 Å². The van der Waals surface area contributed by atoms with Crippen LogP contribution in [0.4, 0.5) is 5.82 Å². The molecule has 0 radical (unpaired) electrons. The van der Waals surface area contributed by atoms with Crippen LogP contribution >= 0.6 is 27.5 Å². The highest BCUT2D eigenvalue weighted by molar-refractivity contribution is 9.09. The van der Waals surface area contributed by atoms with Gasteiger partial charge < -0.3 is 4.90 Å². The Balaban J connectivity index is 3.00. The molecule has 0 bridgehead atoms. The fourth-order valence-corrected chi connectivity index (χ4v) is 1.62. The van der Waals surface area contributed by atoms with E-state index in [2.05, 4.69) is 39.7 Å². The van der Waals surface area contributed by atoms with Gasteiger partial charge in [-0.05, 0) is 26.0 Å². The van der Waals surface area contributed by atoms with Gasteiger partial charge in [-0.1, -0.05) is 27.5 Å². The molecule has 0 saturated heterocycles. The molecule has 78 valence electrons. The molecule has 0 aliphatic heterocycles. The minimum atomic E-state index is -0.00199. The summed E-state index contributed by atoms with van der Waals surface area (Å²) in [5.41, 5.74) is -0.00199. The van der Waals surface area contributed by atoms with Gasteiger partial charge in [-0.15, -0.1) is 0 Å². The third-order valence-electron chi connectivity index (χ3n) is 2.29. The first kappa shape index (κ1) is 11.8. The minimum absolute atomic E-state index is 0.00199. The summed E-state index contributed by atoms with van der Waals surface area (Å²) >= 11 is 9.54. The summed E-state index contributed by atoms with van der Waals surface area (Å²) in [5, 5.41) is 1.55. The lowest BCUT2D eigenvalue weighted by molar-refractivity contribution is 0.547. The van der Waals surface area contributed by atoms with Crippen LogP contribution in [0, 0.1) is 0 Å². The van der Waals surface area contributed by atoms with E-state index < -0.39 is 0 Å². The molecule has 14 heavy (non-hydrogen) atoms. The molecule has 0 amide bonds. The first-order chi connectivity index (χ1) is 6.49. The number of anilines is 1. The number of hydrogen-bond acceptors (Lipinski definition) is 2. The van der Waals surface area contributed by atoms with E-state index in [-0.39, 0.29) is 5.54 Å². The Bertz CT molecular complexity index is 315. The molecule has 0 saturated carbocycles. The predicted molar refractivity (Wildman–Crippen MR) is 65.5 cm³/mol. The average molecular weight is 278 g/mol. The van der Waals surface area contributed by atoms with Gasteiger partial charge in [0, 0.05) is 24.1 Å². The normalized spacial score (nSPS) is 11.5. The fraction of sp³-hybridized carbons (Fsp3) is 0.500. The third-order valence-corrected chi connectivity index (χ3v) is 3.96. The Morgan fingerprint density at radius 1 is 1.57 bits per heavy atom. The van der Waals surface area contributed by atoms with Crippen LogP contribution in [0.2, 0.25) is 5.02 Å². The first-order valence-electron chi connectivity index (χ1n) is 4.39. The summed E-state index contributed by atoms with van der Waals surface area (Å²) < 4.78 is 0. The van der Waals surface area contributed by atoms with E-state index in [1.54, 1.807) is 6.20 Å². The second-order valence-corrected chi connectivity index (χ2v) is 4.78. The lowest BCUT2D eigenvalue weighted by Gasteiger charge is -2.35. The number of rotatable bonds is 3. The highest BCUT2D eigenvalue weighted by Crippen LogP contribution is 2.27. The van der Waals surface area contributed by atoms with Crippen molar-refractivity contribution in [3.63, 3.8) is 0 Å². The summed E-state index contributed by atoms with van der Waals surface area (Å²) in [6.07, 6.45) is 1.75. The number of pyridine rings is 1. The quantitative estimate of drug-likeness (QED) is 0.788. The molecule has 0 spiro atoms. The molecule has 0 unspecified atom stereocenters.